The van der Waals surface area contributed by atoms with Crippen LogP contribution in [0.3, 0.4) is 0 Å². The Balaban J connectivity index is 3.01. The van der Waals surface area contributed by atoms with Gasteiger partial charge < -0.3 is 38.5 Å². The number of esters is 1. The topological polar surface area (TPSA) is 93.7 Å². The maximum atomic E-state index is 10.8. The van der Waals surface area contributed by atoms with Crippen LogP contribution in [0.5, 0.6) is 0 Å². The molecular formula is C18H35NO8. The minimum Gasteiger partial charge on any atom is -0.460 e. The van der Waals surface area contributed by atoms with Gasteiger partial charge in [-0.3, -0.25) is 0 Å². The van der Waals surface area contributed by atoms with Gasteiger partial charge in [0.1, 0.15) is 6.61 Å². The average molecular weight is 393 g/mol. The summed E-state index contributed by atoms with van der Waals surface area (Å²) in [6.07, 6.45) is 1.12. The molecule has 0 heterocycles. The highest BCUT2D eigenvalue weighted by molar-refractivity contribution is 5.81. The number of hydrogen-bond acceptors (Lipinski definition) is 9. The Morgan fingerprint density at radius 1 is 0.667 bits per heavy atom. The Kier molecular flexibility index (Phi) is 22.1. The molecule has 160 valence electrons. The predicted octanol–water partition coefficient (Wildman–Crippen LogP) is 0.0346. The summed E-state index contributed by atoms with van der Waals surface area (Å²) in [7, 11) is 1.89. The summed E-state index contributed by atoms with van der Waals surface area (Å²) in [4.78, 5) is 10.8. The van der Waals surface area contributed by atoms with Crippen LogP contribution in [0.25, 0.3) is 0 Å². The van der Waals surface area contributed by atoms with Gasteiger partial charge in [-0.05, 0) is 7.05 Å². The van der Waals surface area contributed by atoms with E-state index in [0.29, 0.717) is 79.3 Å². The van der Waals surface area contributed by atoms with Crippen LogP contribution in [0.1, 0.15) is 0 Å². The maximum absolute atomic E-state index is 10.8. The molecule has 0 atom stereocenters. The largest absolute Gasteiger partial charge is 0.460 e. The van der Waals surface area contributed by atoms with E-state index in [9.17, 15) is 4.79 Å². The Morgan fingerprint density at radius 2 is 1.00 bits per heavy atom. The van der Waals surface area contributed by atoms with Crippen LogP contribution in [0.15, 0.2) is 12.7 Å². The minimum atomic E-state index is -0.450. The first kappa shape index (κ1) is 25.9. The lowest BCUT2D eigenvalue weighted by Crippen LogP contribution is -2.17. The minimum absolute atomic E-state index is 0.212. The molecule has 0 bridgehead atoms. The molecule has 0 saturated carbocycles. The molecule has 0 spiro atoms. The van der Waals surface area contributed by atoms with Gasteiger partial charge in [-0.1, -0.05) is 6.58 Å². The van der Waals surface area contributed by atoms with Crippen molar-refractivity contribution < 1.29 is 38.0 Å². The van der Waals surface area contributed by atoms with Gasteiger partial charge in [-0.2, -0.15) is 0 Å². The number of ether oxygens (including phenoxy) is 7. The third kappa shape index (κ3) is 22.9. The molecule has 0 aliphatic rings. The van der Waals surface area contributed by atoms with E-state index in [-0.39, 0.29) is 6.61 Å². The SMILES string of the molecule is C=CC(=O)OCCOCCOCCOCCOCCOCCOCCNC. The Hall–Kier alpha value is -1.07. The van der Waals surface area contributed by atoms with E-state index in [2.05, 4.69) is 11.9 Å². The summed E-state index contributed by atoms with van der Waals surface area (Å²) in [6.45, 7) is 10.6. The average Bonchev–Trinajstić information content (AvgIpc) is 2.68. The molecule has 27 heavy (non-hydrogen) atoms. The van der Waals surface area contributed by atoms with Crippen molar-refractivity contribution in [2.45, 2.75) is 0 Å². The van der Waals surface area contributed by atoms with Gasteiger partial charge >= 0.3 is 5.97 Å². The molecule has 0 unspecified atom stereocenters. The second-order valence-corrected chi connectivity index (χ2v) is 5.15. The third-order valence-electron chi connectivity index (χ3n) is 3.00. The standard InChI is InChI=1S/C18H35NO8/c1-3-18(20)27-17-16-26-15-14-25-13-12-24-11-10-23-9-8-22-7-6-21-5-4-19-2/h3,19H,1,4-17H2,2H3. The Morgan fingerprint density at radius 3 is 1.33 bits per heavy atom. The highest BCUT2D eigenvalue weighted by Crippen LogP contribution is 1.85. The summed E-state index contributed by atoms with van der Waals surface area (Å²) < 4.78 is 36.8. The Bertz CT molecular complexity index is 330. The van der Waals surface area contributed by atoms with Crippen molar-refractivity contribution in [3.63, 3.8) is 0 Å². The van der Waals surface area contributed by atoms with Gasteiger partial charge in [-0.25, -0.2) is 4.79 Å². The molecule has 0 saturated heterocycles. The predicted molar refractivity (Wildman–Crippen MR) is 100.0 cm³/mol. The monoisotopic (exact) mass is 393 g/mol. The third-order valence-corrected chi connectivity index (χ3v) is 3.00. The van der Waals surface area contributed by atoms with Crippen LogP contribution < -0.4 is 5.32 Å². The first-order chi connectivity index (χ1) is 13.3. The summed E-state index contributed by atoms with van der Waals surface area (Å²) in [5.41, 5.74) is 0. The highest BCUT2D eigenvalue weighted by Gasteiger charge is 1.96. The van der Waals surface area contributed by atoms with E-state index in [4.69, 9.17) is 33.2 Å². The summed E-state index contributed by atoms with van der Waals surface area (Å²) >= 11 is 0. The van der Waals surface area contributed by atoms with E-state index in [1.165, 1.54) is 0 Å². The fraction of sp³-hybridized carbons (Fsp3) is 0.833. The molecule has 0 aliphatic carbocycles. The molecule has 0 rings (SSSR count). The summed E-state index contributed by atoms with van der Waals surface area (Å²) in [6, 6.07) is 0. The molecule has 1 N–H and O–H groups in total. The van der Waals surface area contributed by atoms with Gasteiger partial charge in [0.05, 0.1) is 79.3 Å². The van der Waals surface area contributed by atoms with E-state index in [1.807, 2.05) is 7.05 Å². The van der Waals surface area contributed by atoms with Crippen molar-refractivity contribution in [3.05, 3.63) is 12.7 Å². The number of hydrogen-bond donors (Lipinski definition) is 1. The van der Waals surface area contributed by atoms with E-state index in [1.54, 1.807) is 0 Å². The van der Waals surface area contributed by atoms with Gasteiger partial charge in [0, 0.05) is 12.6 Å². The summed E-state index contributed by atoms with van der Waals surface area (Å²) in [5, 5.41) is 3.00. The van der Waals surface area contributed by atoms with Crippen LogP contribution in [-0.2, 0) is 38.0 Å². The van der Waals surface area contributed by atoms with Gasteiger partial charge in [0.15, 0.2) is 0 Å². The summed E-state index contributed by atoms with van der Waals surface area (Å²) in [5.74, 6) is -0.450. The quantitative estimate of drug-likeness (QED) is 0.155. The van der Waals surface area contributed by atoms with E-state index >= 15 is 0 Å². The smallest absolute Gasteiger partial charge is 0.330 e. The molecule has 9 nitrogen and oxygen atoms in total. The fourth-order valence-electron chi connectivity index (χ4n) is 1.64. The fourth-order valence-corrected chi connectivity index (χ4v) is 1.64. The molecule has 0 radical (unpaired) electrons. The van der Waals surface area contributed by atoms with Crippen LogP contribution in [0, 0.1) is 0 Å². The van der Waals surface area contributed by atoms with Gasteiger partial charge in [-0.15, -0.1) is 0 Å². The van der Waals surface area contributed by atoms with Crippen LogP contribution in [-0.4, -0.2) is 105 Å². The number of nitrogens with one attached hydrogen (secondary N) is 1. The van der Waals surface area contributed by atoms with E-state index < -0.39 is 5.97 Å². The van der Waals surface area contributed by atoms with E-state index in [0.717, 1.165) is 12.6 Å². The molecule has 0 aliphatic heterocycles. The lowest BCUT2D eigenvalue weighted by atomic mass is 10.6. The molecule has 0 aromatic rings. The number of carbonyl (C=O) groups excluding carboxylic acids is 1. The maximum Gasteiger partial charge on any atom is 0.330 e. The van der Waals surface area contributed by atoms with Gasteiger partial charge in [0.25, 0.3) is 0 Å². The molecular weight excluding hydrogens is 358 g/mol. The Labute approximate surface area is 162 Å². The van der Waals surface area contributed by atoms with Crippen molar-refractivity contribution in [2.75, 3.05) is 99.5 Å². The van der Waals surface area contributed by atoms with Crippen LogP contribution >= 0.6 is 0 Å². The van der Waals surface area contributed by atoms with Gasteiger partial charge in [0.2, 0.25) is 0 Å². The van der Waals surface area contributed by atoms with Crippen molar-refractivity contribution in [3.8, 4) is 0 Å². The first-order valence-electron chi connectivity index (χ1n) is 9.21. The van der Waals surface area contributed by atoms with Crippen molar-refractivity contribution >= 4 is 5.97 Å². The lowest BCUT2D eigenvalue weighted by molar-refractivity contribution is -0.139. The lowest BCUT2D eigenvalue weighted by Gasteiger charge is -2.08. The second kappa shape index (κ2) is 23.0. The zero-order valence-corrected chi connectivity index (χ0v) is 16.4. The van der Waals surface area contributed by atoms with Crippen LogP contribution in [0.2, 0.25) is 0 Å². The molecule has 9 heteroatoms. The van der Waals surface area contributed by atoms with Crippen molar-refractivity contribution in [1.82, 2.24) is 5.32 Å². The molecule has 0 fully saturated rings. The van der Waals surface area contributed by atoms with Crippen molar-refractivity contribution in [1.29, 1.82) is 0 Å². The molecule has 0 amide bonds. The second-order valence-electron chi connectivity index (χ2n) is 5.15. The number of likely N-dealkylation sites (N-methyl/N-ethyl adjacent to an activating group) is 1. The highest BCUT2D eigenvalue weighted by atomic mass is 16.6. The molecule has 0 aromatic heterocycles. The number of rotatable bonds is 22. The zero-order chi connectivity index (χ0) is 19.8. The number of carbonyl (C=O) groups is 1. The van der Waals surface area contributed by atoms with Crippen molar-refractivity contribution in [2.24, 2.45) is 0 Å². The molecule has 0 aromatic carbocycles. The first-order valence-corrected chi connectivity index (χ1v) is 9.21. The zero-order valence-electron chi connectivity index (χ0n) is 16.4. The normalized spacial score (nSPS) is 10.9. The van der Waals surface area contributed by atoms with Crippen LogP contribution in [0.4, 0.5) is 0 Å².